The molecule has 12 heteroatoms. The van der Waals surface area contributed by atoms with Crippen LogP contribution in [0.25, 0.3) is 11.3 Å². The Morgan fingerprint density at radius 1 is 1.08 bits per heavy atom. The summed E-state index contributed by atoms with van der Waals surface area (Å²) in [6.07, 6.45) is 6.57. The van der Waals surface area contributed by atoms with Crippen LogP contribution in [0, 0.1) is 0 Å². The molecule has 4 aromatic heterocycles. The van der Waals surface area contributed by atoms with E-state index in [1.165, 1.54) is 16.8 Å². The molecule has 24 heavy (non-hydrogen) atoms. The SMILES string of the molecule is Clc1cc(Br)c2nccn2n1.O=c1cc(Cl)[nH]n2ccnc12.[Na+].[OH-]. The van der Waals surface area contributed by atoms with Crippen molar-refractivity contribution in [3.05, 3.63) is 61.9 Å². The second-order valence-corrected chi connectivity index (χ2v) is 5.75. The van der Waals surface area contributed by atoms with Gasteiger partial charge in [0.2, 0.25) is 5.43 Å². The number of halogens is 3. The third-order valence-electron chi connectivity index (χ3n) is 2.63. The summed E-state index contributed by atoms with van der Waals surface area (Å²) in [4.78, 5) is 18.9. The van der Waals surface area contributed by atoms with E-state index in [-0.39, 0.29) is 40.5 Å². The molecule has 120 valence electrons. The minimum absolute atomic E-state index is 0. The molecule has 0 aliphatic rings. The van der Waals surface area contributed by atoms with Gasteiger partial charge in [0.25, 0.3) is 0 Å². The van der Waals surface area contributed by atoms with E-state index < -0.39 is 0 Å². The monoisotopic (exact) mass is 440 g/mol. The van der Waals surface area contributed by atoms with Crippen LogP contribution in [-0.2, 0) is 0 Å². The number of nitrogens with zero attached hydrogens (tertiary/aromatic N) is 5. The summed E-state index contributed by atoms with van der Waals surface area (Å²) in [5, 5.41) is 7.47. The first-order valence-electron chi connectivity index (χ1n) is 5.92. The van der Waals surface area contributed by atoms with E-state index in [1.54, 1.807) is 29.2 Å². The number of imidazole rings is 2. The summed E-state index contributed by atoms with van der Waals surface area (Å²) in [5.41, 5.74) is 0.947. The molecule has 0 unspecified atom stereocenters. The van der Waals surface area contributed by atoms with E-state index in [0.717, 1.165) is 10.1 Å². The third-order valence-corrected chi connectivity index (χ3v) is 3.59. The zero-order valence-electron chi connectivity index (χ0n) is 12.2. The molecule has 0 fully saturated rings. The van der Waals surface area contributed by atoms with Crippen molar-refractivity contribution in [3.8, 4) is 0 Å². The molecule has 0 spiro atoms. The Kier molecular flexibility index (Phi) is 7.87. The normalized spacial score (nSPS) is 9.79. The molecule has 0 radical (unpaired) electrons. The smallest absolute Gasteiger partial charge is 0.870 e. The van der Waals surface area contributed by atoms with E-state index in [0.29, 0.717) is 16.0 Å². The van der Waals surface area contributed by atoms with Gasteiger partial charge in [0.1, 0.15) is 5.15 Å². The molecule has 0 aromatic carbocycles. The Labute approximate surface area is 175 Å². The maximum atomic E-state index is 11.1. The van der Waals surface area contributed by atoms with Gasteiger partial charge in [0.05, 0.1) is 4.47 Å². The van der Waals surface area contributed by atoms with Crippen molar-refractivity contribution in [3.63, 3.8) is 0 Å². The fourth-order valence-corrected chi connectivity index (χ4v) is 2.77. The molecule has 0 saturated heterocycles. The second kappa shape index (κ2) is 8.95. The number of H-pyrrole nitrogens is 1. The number of aromatic amines is 1. The molecular weight excluding hydrogens is 434 g/mol. The van der Waals surface area contributed by atoms with Crippen molar-refractivity contribution < 1.29 is 35.0 Å². The quantitative estimate of drug-likeness (QED) is 0.375. The number of hydrogen-bond acceptors (Lipinski definition) is 5. The molecule has 0 bridgehead atoms. The summed E-state index contributed by atoms with van der Waals surface area (Å²) >= 11 is 14.6. The number of fused-ring (bicyclic) bond motifs is 2. The van der Waals surface area contributed by atoms with Gasteiger partial charge >= 0.3 is 29.6 Å². The zero-order chi connectivity index (χ0) is 15.7. The van der Waals surface area contributed by atoms with Crippen molar-refractivity contribution in [2.45, 2.75) is 0 Å². The summed E-state index contributed by atoms with van der Waals surface area (Å²) < 4.78 is 3.94. The van der Waals surface area contributed by atoms with Crippen molar-refractivity contribution in [1.82, 2.24) is 29.2 Å². The summed E-state index contributed by atoms with van der Waals surface area (Å²) in [7, 11) is 0. The Balaban J connectivity index is 0.000000222. The van der Waals surface area contributed by atoms with Crippen molar-refractivity contribution >= 4 is 50.4 Å². The van der Waals surface area contributed by atoms with E-state index >= 15 is 0 Å². The zero-order valence-corrected chi connectivity index (χ0v) is 17.3. The number of aromatic nitrogens is 6. The van der Waals surface area contributed by atoms with Crippen molar-refractivity contribution in [2.24, 2.45) is 0 Å². The van der Waals surface area contributed by atoms with Gasteiger partial charge in [-0.15, -0.1) is 0 Å². The van der Waals surface area contributed by atoms with Gasteiger partial charge in [-0.1, -0.05) is 23.2 Å². The molecule has 4 aromatic rings. The number of rotatable bonds is 0. The van der Waals surface area contributed by atoms with E-state index in [4.69, 9.17) is 23.2 Å². The average Bonchev–Trinajstić information content (AvgIpc) is 3.07. The van der Waals surface area contributed by atoms with Crippen LogP contribution in [0.1, 0.15) is 0 Å². The molecule has 2 N–H and O–H groups in total. The fraction of sp³-hybridized carbons (Fsp3) is 0. The first-order valence-corrected chi connectivity index (χ1v) is 7.47. The van der Waals surface area contributed by atoms with Crippen LogP contribution in [0.5, 0.6) is 0 Å². The first-order chi connectivity index (χ1) is 10.5. The van der Waals surface area contributed by atoms with Crippen molar-refractivity contribution in [2.75, 3.05) is 0 Å². The maximum absolute atomic E-state index is 11.1. The number of hydrogen-bond donors (Lipinski definition) is 1. The molecule has 0 amide bonds. The van der Waals surface area contributed by atoms with E-state index in [9.17, 15) is 4.79 Å². The van der Waals surface area contributed by atoms with Gasteiger partial charge < -0.3 is 5.48 Å². The molecule has 0 atom stereocenters. The van der Waals surface area contributed by atoms with Crippen molar-refractivity contribution in [1.29, 1.82) is 0 Å². The maximum Gasteiger partial charge on any atom is 1.00 e. The largest absolute Gasteiger partial charge is 1.00 e. The minimum atomic E-state index is -0.182. The Hall–Kier alpha value is -0.940. The van der Waals surface area contributed by atoms with E-state index in [1.807, 2.05) is 0 Å². The summed E-state index contributed by atoms with van der Waals surface area (Å²) in [6, 6.07) is 3.01. The van der Waals surface area contributed by atoms with E-state index in [2.05, 4.69) is 36.1 Å². The van der Waals surface area contributed by atoms with Gasteiger partial charge in [-0.3, -0.25) is 9.89 Å². The average molecular weight is 442 g/mol. The summed E-state index contributed by atoms with van der Waals surface area (Å²) in [6.45, 7) is 0. The van der Waals surface area contributed by atoms with Crippen LogP contribution in [0.2, 0.25) is 10.3 Å². The van der Waals surface area contributed by atoms with Crippen LogP contribution in [-0.4, -0.2) is 34.7 Å². The topological polar surface area (TPSA) is 110 Å². The molecule has 0 aliphatic carbocycles. The molecule has 4 rings (SSSR count). The standard InChI is InChI=1S/C6H3BrClN3.C6H4ClN3O.Na.H2O/c7-4-3-5(8)10-11-2-1-9-6(4)11;7-5-3-4(11)6-8-1-2-10(6)9-5;;/h1-3H;1-3,9H;;1H2/q;;+1;/p-1. The van der Waals surface area contributed by atoms with Crippen LogP contribution in [0.4, 0.5) is 0 Å². The molecule has 0 aliphatic heterocycles. The number of nitrogens with one attached hydrogen (secondary N) is 1. The van der Waals surface area contributed by atoms with Crippen LogP contribution in [0.15, 0.2) is 46.2 Å². The predicted molar refractivity (Wildman–Crippen MR) is 88.5 cm³/mol. The molecule has 4 heterocycles. The fourth-order valence-electron chi connectivity index (χ4n) is 1.75. The molecule has 0 saturated carbocycles. The van der Waals surface area contributed by atoms with Gasteiger partial charge in [-0.2, -0.15) is 5.10 Å². The van der Waals surface area contributed by atoms with Gasteiger partial charge in [-0.25, -0.2) is 19.0 Å². The first kappa shape index (κ1) is 21.1. The summed E-state index contributed by atoms with van der Waals surface area (Å²) in [5.74, 6) is 0. The Morgan fingerprint density at radius 2 is 1.75 bits per heavy atom. The molecular formula is C12H8BrCl2N6NaO2. The Bertz CT molecular complexity index is 1020. The van der Waals surface area contributed by atoms with Crippen LogP contribution in [0.3, 0.4) is 0 Å². The molecule has 8 nitrogen and oxygen atoms in total. The van der Waals surface area contributed by atoms with Crippen LogP contribution >= 0.6 is 39.1 Å². The van der Waals surface area contributed by atoms with Gasteiger partial charge in [0, 0.05) is 30.9 Å². The Morgan fingerprint density at radius 3 is 2.50 bits per heavy atom. The van der Waals surface area contributed by atoms with Gasteiger partial charge in [0.15, 0.2) is 16.4 Å². The minimum Gasteiger partial charge on any atom is -0.870 e. The van der Waals surface area contributed by atoms with Gasteiger partial charge in [-0.05, 0) is 22.0 Å². The second-order valence-electron chi connectivity index (χ2n) is 4.10. The third kappa shape index (κ3) is 4.57. The van der Waals surface area contributed by atoms with Crippen LogP contribution < -0.4 is 35.0 Å². The predicted octanol–water partition coefficient (Wildman–Crippen LogP) is -0.352.